The summed E-state index contributed by atoms with van der Waals surface area (Å²) in [5, 5.41) is 12.9. The zero-order valence-electron chi connectivity index (χ0n) is 13.1. The van der Waals surface area contributed by atoms with Crippen LogP contribution in [0.1, 0.15) is 38.3 Å². The Labute approximate surface area is 127 Å². The Bertz CT molecular complexity index is 431. The minimum absolute atomic E-state index is 0.0432. The quantitative estimate of drug-likeness (QED) is 0.846. The standard InChI is InChI=1S/C17H27FN2O/c1-13(21)12-20-9-7-15(8-10-20)11-19-14(2)16-5-3-4-6-17(16)18/h3-6,13-15,19,21H,7-12H2,1-2H3/t13-,14+/m0/s1. The van der Waals surface area contributed by atoms with Crippen molar-refractivity contribution in [2.45, 2.75) is 38.8 Å². The number of aliphatic hydroxyl groups excluding tert-OH is 1. The van der Waals surface area contributed by atoms with Gasteiger partial charge in [-0.05, 0) is 58.3 Å². The Morgan fingerprint density at radius 3 is 2.57 bits per heavy atom. The number of aliphatic hydroxyl groups is 1. The maximum absolute atomic E-state index is 13.7. The van der Waals surface area contributed by atoms with Crippen LogP contribution in [0.4, 0.5) is 4.39 Å². The third-order valence-corrected chi connectivity index (χ3v) is 4.31. The minimum Gasteiger partial charge on any atom is -0.392 e. The monoisotopic (exact) mass is 294 g/mol. The predicted molar refractivity (Wildman–Crippen MR) is 83.7 cm³/mol. The number of hydrogen-bond donors (Lipinski definition) is 2. The van der Waals surface area contributed by atoms with Gasteiger partial charge in [0.05, 0.1) is 6.10 Å². The number of β-amino-alcohol motifs (C(OH)–C–C–N with tert-alkyl or cyclic N) is 1. The molecule has 0 spiro atoms. The molecule has 4 heteroatoms. The molecule has 2 N–H and O–H groups in total. The van der Waals surface area contributed by atoms with Crippen molar-refractivity contribution in [3.63, 3.8) is 0 Å². The molecular formula is C17H27FN2O. The van der Waals surface area contributed by atoms with Gasteiger partial charge in [0, 0.05) is 18.2 Å². The second-order valence-electron chi connectivity index (χ2n) is 6.24. The molecule has 1 saturated heterocycles. The third-order valence-electron chi connectivity index (χ3n) is 4.31. The van der Waals surface area contributed by atoms with Crippen molar-refractivity contribution in [2.24, 2.45) is 5.92 Å². The molecule has 1 heterocycles. The van der Waals surface area contributed by atoms with E-state index in [1.807, 2.05) is 26.0 Å². The van der Waals surface area contributed by atoms with E-state index < -0.39 is 0 Å². The summed E-state index contributed by atoms with van der Waals surface area (Å²) >= 11 is 0. The topological polar surface area (TPSA) is 35.5 Å². The van der Waals surface area contributed by atoms with Gasteiger partial charge in [-0.25, -0.2) is 4.39 Å². The van der Waals surface area contributed by atoms with Crippen LogP contribution in [0.15, 0.2) is 24.3 Å². The van der Waals surface area contributed by atoms with E-state index in [0.717, 1.165) is 44.6 Å². The minimum atomic E-state index is -0.249. The number of rotatable bonds is 6. The summed E-state index contributed by atoms with van der Waals surface area (Å²) in [4.78, 5) is 2.32. The summed E-state index contributed by atoms with van der Waals surface area (Å²) in [6, 6.07) is 7.01. The Balaban J connectivity index is 1.73. The maximum atomic E-state index is 13.7. The van der Waals surface area contributed by atoms with Crippen LogP contribution in [-0.4, -0.2) is 42.3 Å². The maximum Gasteiger partial charge on any atom is 0.127 e. The molecule has 0 bridgehead atoms. The first-order valence-corrected chi connectivity index (χ1v) is 7.94. The fraction of sp³-hybridized carbons (Fsp3) is 0.647. The van der Waals surface area contributed by atoms with Gasteiger partial charge >= 0.3 is 0 Å². The summed E-state index contributed by atoms with van der Waals surface area (Å²) in [5.74, 6) is 0.508. The van der Waals surface area contributed by atoms with Crippen LogP contribution in [0.3, 0.4) is 0 Å². The van der Waals surface area contributed by atoms with Gasteiger partial charge in [-0.15, -0.1) is 0 Å². The van der Waals surface area contributed by atoms with Gasteiger partial charge in [0.2, 0.25) is 0 Å². The largest absolute Gasteiger partial charge is 0.392 e. The van der Waals surface area contributed by atoms with Crippen molar-refractivity contribution in [3.8, 4) is 0 Å². The fourth-order valence-corrected chi connectivity index (χ4v) is 3.03. The van der Waals surface area contributed by atoms with E-state index in [0.29, 0.717) is 5.92 Å². The number of benzene rings is 1. The Kier molecular flexibility index (Phi) is 6.15. The molecular weight excluding hydrogens is 267 g/mol. The van der Waals surface area contributed by atoms with Crippen LogP contribution in [-0.2, 0) is 0 Å². The zero-order valence-corrected chi connectivity index (χ0v) is 13.1. The summed E-state index contributed by atoms with van der Waals surface area (Å²) < 4.78 is 13.7. The van der Waals surface area contributed by atoms with E-state index in [4.69, 9.17) is 0 Å². The normalized spacial score (nSPS) is 20.4. The van der Waals surface area contributed by atoms with Crippen molar-refractivity contribution in [3.05, 3.63) is 35.6 Å². The zero-order chi connectivity index (χ0) is 15.2. The van der Waals surface area contributed by atoms with E-state index >= 15 is 0 Å². The number of halogens is 1. The summed E-state index contributed by atoms with van der Waals surface area (Å²) in [6.45, 7) is 7.64. The van der Waals surface area contributed by atoms with Gasteiger partial charge in [0.25, 0.3) is 0 Å². The average Bonchev–Trinajstić information content (AvgIpc) is 2.46. The molecule has 3 nitrogen and oxygen atoms in total. The van der Waals surface area contributed by atoms with Crippen molar-refractivity contribution < 1.29 is 9.50 Å². The summed E-state index contributed by atoms with van der Waals surface area (Å²) in [7, 11) is 0. The molecule has 0 amide bonds. The highest BCUT2D eigenvalue weighted by Gasteiger charge is 2.20. The number of likely N-dealkylation sites (tertiary alicyclic amines) is 1. The SMILES string of the molecule is C[C@H](O)CN1CCC(CN[C@H](C)c2ccccc2F)CC1. The molecule has 1 aromatic carbocycles. The lowest BCUT2D eigenvalue weighted by atomic mass is 9.96. The molecule has 1 aliphatic rings. The second-order valence-corrected chi connectivity index (χ2v) is 6.24. The molecule has 1 aromatic rings. The molecule has 21 heavy (non-hydrogen) atoms. The van der Waals surface area contributed by atoms with E-state index in [-0.39, 0.29) is 18.0 Å². The van der Waals surface area contributed by atoms with Gasteiger partial charge < -0.3 is 15.3 Å². The first kappa shape index (κ1) is 16.4. The molecule has 2 atom stereocenters. The number of hydrogen-bond acceptors (Lipinski definition) is 3. The average molecular weight is 294 g/mol. The first-order chi connectivity index (χ1) is 10.1. The van der Waals surface area contributed by atoms with Crippen molar-refractivity contribution in [1.29, 1.82) is 0 Å². The van der Waals surface area contributed by atoms with Gasteiger partial charge in [0.15, 0.2) is 0 Å². The van der Waals surface area contributed by atoms with Crippen molar-refractivity contribution in [2.75, 3.05) is 26.2 Å². The Morgan fingerprint density at radius 2 is 1.95 bits per heavy atom. The molecule has 0 unspecified atom stereocenters. The lowest BCUT2D eigenvalue weighted by Crippen LogP contribution is -2.40. The highest BCUT2D eigenvalue weighted by Crippen LogP contribution is 2.20. The van der Waals surface area contributed by atoms with Crippen LogP contribution >= 0.6 is 0 Å². The Hall–Kier alpha value is -0.970. The van der Waals surface area contributed by atoms with Crippen LogP contribution < -0.4 is 5.32 Å². The van der Waals surface area contributed by atoms with Crippen LogP contribution in [0.25, 0.3) is 0 Å². The molecule has 0 aromatic heterocycles. The molecule has 118 valence electrons. The van der Waals surface area contributed by atoms with Gasteiger partial charge in [-0.2, -0.15) is 0 Å². The third kappa shape index (κ3) is 5.06. The van der Waals surface area contributed by atoms with E-state index in [9.17, 15) is 9.50 Å². The predicted octanol–water partition coefficient (Wildman–Crippen LogP) is 2.57. The lowest BCUT2D eigenvalue weighted by Gasteiger charge is -2.33. The van der Waals surface area contributed by atoms with E-state index in [1.54, 1.807) is 6.07 Å². The van der Waals surface area contributed by atoms with E-state index in [2.05, 4.69) is 10.2 Å². The lowest BCUT2D eigenvalue weighted by molar-refractivity contribution is 0.0994. The molecule has 1 fully saturated rings. The van der Waals surface area contributed by atoms with Gasteiger partial charge in [0.1, 0.15) is 5.82 Å². The number of piperidine rings is 1. The number of nitrogens with zero attached hydrogens (tertiary/aromatic N) is 1. The van der Waals surface area contributed by atoms with Crippen molar-refractivity contribution in [1.82, 2.24) is 10.2 Å². The molecule has 0 saturated carbocycles. The van der Waals surface area contributed by atoms with Gasteiger partial charge in [-0.3, -0.25) is 0 Å². The van der Waals surface area contributed by atoms with Crippen LogP contribution in [0.5, 0.6) is 0 Å². The van der Waals surface area contributed by atoms with Gasteiger partial charge in [-0.1, -0.05) is 18.2 Å². The second kappa shape index (κ2) is 7.87. The fourth-order valence-electron chi connectivity index (χ4n) is 3.03. The van der Waals surface area contributed by atoms with E-state index in [1.165, 1.54) is 6.07 Å². The Morgan fingerprint density at radius 1 is 1.29 bits per heavy atom. The first-order valence-electron chi connectivity index (χ1n) is 7.94. The van der Waals surface area contributed by atoms with Crippen LogP contribution in [0, 0.1) is 11.7 Å². The van der Waals surface area contributed by atoms with Crippen LogP contribution in [0.2, 0.25) is 0 Å². The molecule has 2 rings (SSSR count). The summed E-state index contributed by atoms with van der Waals surface area (Å²) in [6.07, 6.45) is 2.04. The molecule has 1 aliphatic heterocycles. The van der Waals surface area contributed by atoms with Crippen molar-refractivity contribution >= 4 is 0 Å². The highest BCUT2D eigenvalue weighted by atomic mass is 19.1. The molecule has 0 aliphatic carbocycles. The summed E-state index contributed by atoms with van der Waals surface area (Å²) in [5.41, 5.74) is 0.740. The highest BCUT2D eigenvalue weighted by molar-refractivity contribution is 5.20. The molecule has 0 radical (unpaired) electrons. The number of nitrogens with one attached hydrogen (secondary N) is 1. The smallest absolute Gasteiger partial charge is 0.127 e.